The van der Waals surface area contributed by atoms with Crippen LogP contribution in [-0.4, -0.2) is 57.7 Å². The van der Waals surface area contributed by atoms with Gasteiger partial charge < -0.3 is 9.80 Å². The summed E-state index contributed by atoms with van der Waals surface area (Å²) in [5.41, 5.74) is 2.32. The molecule has 29 heavy (non-hydrogen) atoms. The fourth-order valence-electron chi connectivity index (χ4n) is 5.59. The number of hydrogen-bond donors (Lipinski definition) is 0. The molecule has 3 fully saturated rings. The molecule has 0 N–H and O–H groups in total. The summed E-state index contributed by atoms with van der Waals surface area (Å²) < 4.78 is 28.9. The van der Waals surface area contributed by atoms with Gasteiger partial charge in [-0.25, -0.2) is 8.78 Å². The van der Waals surface area contributed by atoms with Gasteiger partial charge in [-0.1, -0.05) is 17.4 Å². The van der Waals surface area contributed by atoms with Gasteiger partial charge in [0.25, 0.3) is 11.5 Å². The molecule has 4 aliphatic rings. The van der Waals surface area contributed by atoms with E-state index in [0.29, 0.717) is 6.54 Å². The number of rotatable bonds is 2. The third-order valence-corrected chi connectivity index (χ3v) is 7.78. The van der Waals surface area contributed by atoms with Crippen LogP contribution in [0.4, 0.5) is 13.9 Å². The number of alkyl halides is 2. The van der Waals surface area contributed by atoms with Gasteiger partial charge in [0.15, 0.2) is 0 Å². The van der Waals surface area contributed by atoms with E-state index >= 15 is 0 Å². The van der Waals surface area contributed by atoms with Crippen LogP contribution in [0.15, 0.2) is 28.5 Å². The van der Waals surface area contributed by atoms with Gasteiger partial charge in [-0.15, -0.1) is 10.2 Å². The molecule has 6 rings (SSSR count). The molecule has 5 atom stereocenters. The Morgan fingerprint density at radius 2 is 1.97 bits per heavy atom. The Hall–Kier alpha value is -2.36. The van der Waals surface area contributed by atoms with E-state index in [4.69, 9.17) is 0 Å². The van der Waals surface area contributed by atoms with Gasteiger partial charge in [0, 0.05) is 49.8 Å². The third-order valence-electron chi connectivity index (χ3n) is 7.03. The minimum atomic E-state index is -2.64. The number of nitrogens with zero attached hydrogens (tertiary/aromatic N) is 5. The number of aromatic nitrogens is 3. The van der Waals surface area contributed by atoms with Crippen LogP contribution in [0.2, 0.25) is 0 Å². The lowest BCUT2D eigenvalue weighted by molar-refractivity contribution is -0.138. The van der Waals surface area contributed by atoms with Crippen LogP contribution >= 0.6 is 11.3 Å². The van der Waals surface area contributed by atoms with Crippen LogP contribution in [0, 0.1) is 17.8 Å². The highest BCUT2D eigenvalue weighted by atomic mass is 32.1. The van der Waals surface area contributed by atoms with E-state index in [-0.39, 0.29) is 36.4 Å². The quantitative estimate of drug-likeness (QED) is 0.739. The van der Waals surface area contributed by atoms with Crippen LogP contribution in [0.3, 0.4) is 0 Å². The fourth-order valence-corrected chi connectivity index (χ4v) is 6.17. The highest BCUT2D eigenvalue weighted by Gasteiger charge is 2.72. The maximum absolute atomic E-state index is 13.6. The molecule has 2 aromatic heterocycles. The number of pyridine rings is 1. The molecule has 10 heteroatoms. The highest BCUT2D eigenvalue weighted by Crippen LogP contribution is 2.59. The topological polar surface area (TPSA) is 71.3 Å². The minimum absolute atomic E-state index is 0.0739. The van der Waals surface area contributed by atoms with Crippen molar-refractivity contribution in [3.8, 4) is 0 Å². The molecule has 2 unspecified atom stereocenters. The Balaban J connectivity index is 1.37. The van der Waals surface area contributed by atoms with E-state index in [1.165, 1.54) is 17.4 Å². The second-order valence-corrected chi connectivity index (χ2v) is 9.37. The smallest absolute Gasteiger partial charge is 0.258 e. The molecule has 0 radical (unpaired) electrons. The van der Waals surface area contributed by atoms with Gasteiger partial charge in [0.2, 0.25) is 11.0 Å². The first-order valence-electron chi connectivity index (χ1n) is 9.84. The summed E-state index contributed by atoms with van der Waals surface area (Å²) in [6, 6.07) is 4.45. The molecule has 1 saturated carbocycles. The van der Waals surface area contributed by atoms with E-state index < -0.39 is 23.8 Å². The number of likely N-dealkylation sites (tertiary alicyclic amines) is 1. The van der Waals surface area contributed by atoms with E-state index in [0.717, 1.165) is 23.8 Å². The summed E-state index contributed by atoms with van der Waals surface area (Å²) >= 11 is 1.45. The van der Waals surface area contributed by atoms with E-state index in [9.17, 15) is 18.4 Å². The van der Waals surface area contributed by atoms with E-state index in [1.807, 2.05) is 6.07 Å². The number of fused-ring (bicyclic) bond motifs is 5. The van der Waals surface area contributed by atoms with Crippen molar-refractivity contribution < 1.29 is 13.6 Å². The average molecular weight is 419 g/mol. The van der Waals surface area contributed by atoms with Crippen molar-refractivity contribution in [3.63, 3.8) is 0 Å². The van der Waals surface area contributed by atoms with Crippen LogP contribution < -0.4 is 10.5 Å². The number of halogens is 2. The molecule has 5 heterocycles. The number of anilines is 1. The first-order chi connectivity index (χ1) is 13.9. The molecular formula is C19H19F2N5O2S. The Morgan fingerprint density at radius 1 is 1.17 bits per heavy atom. The Bertz CT molecular complexity index is 1030. The Labute approximate surface area is 168 Å². The van der Waals surface area contributed by atoms with Gasteiger partial charge in [0.1, 0.15) is 11.6 Å². The molecule has 1 aliphatic carbocycles. The molecule has 7 nitrogen and oxygen atoms in total. The lowest BCUT2D eigenvalue weighted by Gasteiger charge is -2.47. The minimum Gasteiger partial charge on any atom is -0.346 e. The van der Waals surface area contributed by atoms with Crippen LogP contribution in [0.25, 0.3) is 0 Å². The van der Waals surface area contributed by atoms with Crippen molar-refractivity contribution in [2.24, 2.45) is 17.8 Å². The molecule has 0 aromatic carbocycles. The van der Waals surface area contributed by atoms with Gasteiger partial charge in [0.05, 0.1) is 11.8 Å². The van der Waals surface area contributed by atoms with Gasteiger partial charge in [-0.2, -0.15) is 0 Å². The first kappa shape index (κ1) is 17.5. The largest absolute Gasteiger partial charge is 0.346 e. The van der Waals surface area contributed by atoms with E-state index in [2.05, 4.69) is 15.1 Å². The average Bonchev–Trinajstić information content (AvgIpc) is 3.21. The van der Waals surface area contributed by atoms with Crippen molar-refractivity contribution in [2.45, 2.75) is 24.3 Å². The molecule has 2 saturated heterocycles. The summed E-state index contributed by atoms with van der Waals surface area (Å²) in [5.74, 6) is -4.24. The Kier molecular flexibility index (Phi) is 3.52. The molecule has 152 valence electrons. The van der Waals surface area contributed by atoms with Crippen molar-refractivity contribution in [3.05, 3.63) is 39.8 Å². The zero-order valence-electron chi connectivity index (χ0n) is 15.4. The lowest BCUT2D eigenvalue weighted by Crippen LogP contribution is -2.54. The van der Waals surface area contributed by atoms with Crippen LogP contribution in [0.5, 0.6) is 0 Å². The molecular weight excluding hydrogens is 400 g/mol. The number of hydrogen-bond acceptors (Lipinski definition) is 6. The fraction of sp³-hybridized carbons (Fsp3) is 0.579. The number of amides is 1. The maximum atomic E-state index is 13.6. The maximum Gasteiger partial charge on any atom is 0.258 e. The zero-order valence-corrected chi connectivity index (χ0v) is 16.3. The van der Waals surface area contributed by atoms with E-state index in [1.54, 1.807) is 21.0 Å². The number of carbonyl (C=O) groups excluding carboxylic acids is 1. The van der Waals surface area contributed by atoms with Crippen LogP contribution in [-0.2, 0) is 4.79 Å². The summed E-state index contributed by atoms with van der Waals surface area (Å²) in [4.78, 5) is 29.9. The first-order valence-corrected chi connectivity index (χ1v) is 10.7. The van der Waals surface area contributed by atoms with Crippen LogP contribution in [0.1, 0.15) is 24.1 Å². The molecule has 2 bridgehead atoms. The standard InChI is InChI=1S/C19H19F2N5O2S/c20-19(21)12-7-24(8-13(12)19)17(28)16-11-4-10(14-2-1-3-15(27)26(14)16)5-25(6-11)18-23-22-9-29-18/h1-3,9-13,16H,4-8H2/t10-,11+,12?,13?,16-/m1/s1. The van der Waals surface area contributed by atoms with Gasteiger partial charge in [-0.05, 0) is 12.5 Å². The van der Waals surface area contributed by atoms with Gasteiger partial charge >= 0.3 is 0 Å². The highest BCUT2D eigenvalue weighted by molar-refractivity contribution is 7.13. The van der Waals surface area contributed by atoms with Crippen molar-refractivity contribution in [1.29, 1.82) is 0 Å². The van der Waals surface area contributed by atoms with Crippen molar-refractivity contribution >= 4 is 22.4 Å². The second kappa shape index (κ2) is 5.84. The number of carbonyl (C=O) groups is 1. The van der Waals surface area contributed by atoms with Gasteiger partial charge in [-0.3, -0.25) is 14.2 Å². The monoisotopic (exact) mass is 419 g/mol. The SMILES string of the molecule is O=C([C@H]1[C@H]2C[C@H](CN(c3nncs3)C2)c2cccc(=O)n21)N1CC2C(C1)C2(F)F. The lowest BCUT2D eigenvalue weighted by atomic mass is 9.78. The second-order valence-electron chi connectivity index (χ2n) is 8.55. The number of piperidine rings is 2. The summed E-state index contributed by atoms with van der Waals surface area (Å²) in [6.45, 7) is 1.48. The molecule has 1 amide bonds. The summed E-state index contributed by atoms with van der Waals surface area (Å²) in [7, 11) is 0. The molecule has 0 spiro atoms. The normalized spacial score (nSPS) is 33.9. The summed E-state index contributed by atoms with van der Waals surface area (Å²) in [6.07, 6.45) is 0.798. The predicted octanol–water partition coefficient (Wildman–Crippen LogP) is 1.59. The third kappa shape index (κ3) is 2.44. The summed E-state index contributed by atoms with van der Waals surface area (Å²) in [5, 5.41) is 8.89. The Morgan fingerprint density at radius 3 is 2.69 bits per heavy atom. The molecule has 3 aliphatic heterocycles. The van der Waals surface area contributed by atoms with Crippen molar-refractivity contribution in [2.75, 3.05) is 31.1 Å². The zero-order chi connectivity index (χ0) is 19.9. The predicted molar refractivity (Wildman–Crippen MR) is 101 cm³/mol. The molecule has 2 aromatic rings. The van der Waals surface area contributed by atoms with Crippen molar-refractivity contribution in [1.82, 2.24) is 19.7 Å².